The Kier molecular flexibility index (Phi) is 11.0. The minimum Gasteiger partial charge on any atom is -0.486 e. The predicted molar refractivity (Wildman–Crippen MR) is 177 cm³/mol. The standard InChI is InChI=1S/C34H34ClF4N3O7S/c1-3-48-32-29(17-23(18-40-32)34(37,38)39)50(46,47)42-19-24(8-10-30(43)41-13-11-22(12-14-41)33(44)45)49-28-9-7-21(16-27(28)42)15-20(2)31-25(35)5-4-6-26(31)36/h4-7,9,15-18,22,24H,3,8,10-14,19H2,1-2H3,(H,44,45)/b20-15+/t24-/m0/s1. The third-order valence-electron chi connectivity index (χ3n) is 8.53. The molecule has 1 amide bonds. The number of ether oxygens (including phenoxy) is 2. The van der Waals surface area contributed by atoms with Crippen molar-refractivity contribution in [2.75, 3.05) is 30.5 Å². The normalized spacial score (nSPS) is 17.3. The lowest BCUT2D eigenvalue weighted by Gasteiger charge is -2.36. The molecule has 2 aromatic carbocycles. The number of sulfonamides is 1. The lowest BCUT2D eigenvalue weighted by molar-refractivity contribution is -0.145. The number of carbonyl (C=O) groups is 2. The van der Waals surface area contributed by atoms with E-state index < -0.39 is 56.3 Å². The van der Waals surface area contributed by atoms with Crippen molar-refractivity contribution >= 4 is 50.8 Å². The molecule has 0 radical (unpaired) electrons. The van der Waals surface area contributed by atoms with E-state index in [0.29, 0.717) is 36.2 Å². The molecule has 2 aliphatic rings. The number of pyridine rings is 1. The Labute approximate surface area is 291 Å². The summed E-state index contributed by atoms with van der Waals surface area (Å²) >= 11 is 6.24. The first-order chi connectivity index (χ1) is 23.6. The molecule has 0 unspecified atom stereocenters. The van der Waals surface area contributed by atoms with Crippen molar-refractivity contribution in [3.63, 3.8) is 0 Å². The van der Waals surface area contributed by atoms with Crippen molar-refractivity contribution in [3.8, 4) is 11.6 Å². The number of benzene rings is 2. The van der Waals surface area contributed by atoms with Gasteiger partial charge in [-0.25, -0.2) is 17.8 Å². The van der Waals surface area contributed by atoms with E-state index in [-0.39, 0.29) is 67.0 Å². The number of carboxylic acids is 1. The number of amides is 1. The van der Waals surface area contributed by atoms with Gasteiger partial charge < -0.3 is 19.5 Å². The molecule has 1 aromatic heterocycles. The fraction of sp³-hybridized carbons (Fsp3) is 0.382. The third kappa shape index (κ3) is 7.99. The second-order valence-corrected chi connectivity index (χ2v) is 14.2. The Morgan fingerprint density at radius 1 is 1.16 bits per heavy atom. The number of piperidine rings is 1. The van der Waals surface area contributed by atoms with Crippen LogP contribution in [-0.4, -0.2) is 67.6 Å². The minimum absolute atomic E-state index is 0.00985. The maximum atomic E-state index is 14.7. The fourth-order valence-electron chi connectivity index (χ4n) is 5.95. The van der Waals surface area contributed by atoms with Crippen LogP contribution in [0.5, 0.6) is 11.6 Å². The molecule has 0 spiro atoms. The summed E-state index contributed by atoms with van der Waals surface area (Å²) in [7, 11) is -4.82. The Morgan fingerprint density at radius 3 is 2.52 bits per heavy atom. The molecular weight excluding hydrogens is 706 g/mol. The van der Waals surface area contributed by atoms with Gasteiger partial charge in [-0.2, -0.15) is 13.2 Å². The third-order valence-corrected chi connectivity index (χ3v) is 10.6. The average molecular weight is 740 g/mol. The summed E-state index contributed by atoms with van der Waals surface area (Å²) in [6.45, 7) is 3.22. The van der Waals surface area contributed by atoms with E-state index in [0.717, 1.165) is 4.31 Å². The van der Waals surface area contributed by atoms with Crippen LogP contribution in [0.1, 0.15) is 56.2 Å². The number of fused-ring (bicyclic) bond motifs is 1. The van der Waals surface area contributed by atoms with Crippen molar-refractivity contribution in [1.29, 1.82) is 0 Å². The summed E-state index contributed by atoms with van der Waals surface area (Å²) in [6, 6.07) is 9.22. The Hall–Kier alpha value is -4.37. The van der Waals surface area contributed by atoms with E-state index in [2.05, 4.69) is 4.98 Å². The second kappa shape index (κ2) is 14.9. The summed E-state index contributed by atoms with van der Waals surface area (Å²) in [5, 5.41) is 9.42. The Morgan fingerprint density at radius 2 is 1.88 bits per heavy atom. The van der Waals surface area contributed by atoms with Crippen LogP contribution in [0.4, 0.5) is 23.2 Å². The van der Waals surface area contributed by atoms with Gasteiger partial charge >= 0.3 is 12.1 Å². The lowest BCUT2D eigenvalue weighted by Crippen LogP contribution is -2.45. The van der Waals surface area contributed by atoms with Gasteiger partial charge in [0.2, 0.25) is 11.8 Å². The van der Waals surface area contributed by atoms with Crippen LogP contribution in [0.2, 0.25) is 5.02 Å². The number of nitrogens with zero attached hydrogens (tertiary/aromatic N) is 3. The molecule has 5 rings (SSSR count). The maximum absolute atomic E-state index is 14.7. The van der Waals surface area contributed by atoms with Crippen LogP contribution in [0.15, 0.2) is 53.6 Å². The number of anilines is 1. The Balaban J connectivity index is 1.51. The zero-order chi connectivity index (χ0) is 36.4. The predicted octanol–water partition coefficient (Wildman–Crippen LogP) is 6.91. The van der Waals surface area contributed by atoms with Gasteiger partial charge in [0.1, 0.15) is 17.7 Å². The molecule has 2 aliphatic heterocycles. The van der Waals surface area contributed by atoms with Crippen LogP contribution < -0.4 is 13.8 Å². The van der Waals surface area contributed by atoms with Gasteiger partial charge in [-0.3, -0.25) is 13.9 Å². The van der Waals surface area contributed by atoms with Gasteiger partial charge in [0.15, 0.2) is 4.90 Å². The summed E-state index contributed by atoms with van der Waals surface area (Å²) in [6.07, 6.45) is -3.11. The zero-order valence-corrected chi connectivity index (χ0v) is 28.6. The van der Waals surface area contributed by atoms with Gasteiger partial charge in [0.25, 0.3) is 10.0 Å². The van der Waals surface area contributed by atoms with Crippen molar-refractivity contribution in [3.05, 3.63) is 76.2 Å². The smallest absolute Gasteiger partial charge is 0.417 e. The number of carbonyl (C=O) groups excluding carboxylic acids is 1. The molecule has 1 fully saturated rings. The van der Waals surface area contributed by atoms with E-state index in [1.54, 1.807) is 24.0 Å². The van der Waals surface area contributed by atoms with Gasteiger partial charge in [-0.1, -0.05) is 29.8 Å². The highest BCUT2D eigenvalue weighted by molar-refractivity contribution is 7.93. The van der Waals surface area contributed by atoms with Gasteiger partial charge in [0.05, 0.1) is 35.3 Å². The zero-order valence-electron chi connectivity index (χ0n) is 27.0. The molecule has 1 atom stereocenters. The van der Waals surface area contributed by atoms with Gasteiger partial charge in [-0.15, -0.1) is 0 Å². The van der Waals surface area contributed by atoms with Gasteiger partial charge in [0, 0.05) is 31.3 Å². The lowest BCUT2D eigenvalue weighted by atomic mass is 9.97. The number of aliphatic carboxylic acids is 1. The molecule has 1 N–H and O–H groups in total. The van der Waals surface area contributed by atoms with E-state index in [4.69, 9.17) is 21.1 Å². The SMILES string of the molecule is CCOc1ncc(C(F)(F)F)cc1S(=O)(=O)N1C[C@H](CCC(=O)N2CCC(C(=O)O)CC2)Oc2ccc(/C=C(\C)c3c(F)cccc3Cl)cc21. The van der Waals surface area contributed by atoms with Crippen LogP contribution in [-0.2, 0) is 25.8 Å². The summed E-state index contributed by atoms with van der Waals surface area (Å²) in [4.78, 5) is 28.8. The number of halogens is 5. The highest BCUT2D eigenvalue weighted by atomic mass is 35.5. The van der Waals surface area contributed by atoms with Crippen molar-refractivity contribution in [2.45, 2.75) is 56.7 Å². The van der Waals surface area contributed by atoms with Crippen LogP contribution in [0.25, 0.3) is 11.6 Å². The molecule has 0 saturated carbocycles. The van der Waals surface area contributed by atoms with E-state index in [1.807, 2.05) is 0 Å². The summed E-state index contributed by atoms with van der Waals surface area (Å²) < 4.78 is 97.1. The topological polar surface area (TPSA) is 126 Å². The van der Waals surface area contributed by atoms with Crippen molar-refractivity contribution in [2.24, 2.45) is 5.92 Å². The van der Waals surface area contributed by atoms with Crippen molar-refractivity contribution < 1.29 is 50.1 Å². The number of carboxylic acid groups (broad SMARTS) is 1. The first-order valence-electron chi connectivity index (χ1n) is 15.8. The Bertz CT molecular complexity index is 1890. The van der Waals surface area contributed by atoms with Crippen LogP contribution in [0.3, 0.4) is 0 Å². The molecule has 1 saturated heterocycles. The van der Waals surface area contributed by atoms with Crippen molar-refractivity contribution in [1.82, 2.24) is 9.88 Å². The number of allylic oxidation sites excluding steroid dienone is 1. The largest absolute Gasteiger partial charge is 0.486 e. The summed E-state index contributed by atoms with van der Waals surface area (Å²) in [5.74, 6) is -2.72. The molecule has 16 heteroatoms. The molecule has 0 aliphatic carbocycles. The number of rotatable bonds is 10. The maximum Gasteiger partial charge on any atom is 0.417 e. The molecule has 0 bridgehead atoms. The monoisotopic (exact) mass is 739 g/mol. The molecule has 10 nitrogen and oxygen atoms in total. The van der Waals surface area contributed by atoms with Crippen LogP contribution >= 0.6 is 11.6 Å². The van der Waals surface area contributed by atoms with E-state index in [9.17, 15) is 40.7 Å². The number of aromatic nitrogens is 1. The molecule has 50 heavy (non-hydrogen) atoms. The average Bonchev–Trinajstić information content (AvgIpc) is 3.06. The quantitative estimate of drug-likeness (QED) is 0.176. The highest BCUT2D eigenvalue weighted by Gasteiger charge is 2.40. The molecule has 3 aromatic rings. The highest BCUT2D eigenvalue weighted by Crippen LogP contribution is 2.42. The summed E-state index contributed by atoms with van der Waals surface area (Å²) in [5.41, 5.74) is -0.333. The van der Waals surface area contributed by atoms with Gasteiger partial charge in [-0.05, 0) is 74.6 Å². The number of alkyl halides is 3. The number of hydrogen-bond acceptors (Lipinski definition) is 7. The molecular formula is C34H34ClF4N3O7S. The number of likely N-dealkylation sites (tertiary alicyclic amines) is 1. The fourth-order valence-corrected chi connectivity index (χ4v) is 7.87. The van der Waals surface area contributed by atoms with Crippen LogP contribution in [0, 0.1) is 11.7 Å². The van der Waals surface area contributed by atoms with E-state index in [1.165, 1.54) is 37.3 Å². The first kappa shape index (κ1) is 36.9. The number of hydrogen-bond donors (Lipinski definition) is 1. The molecule has 3 heterocycles. The van der Waals surface area contributed by atoms with E-state index >= 15 is 0 Å². The second-order valence-electron chi connectivity index (χ2n) is 11.9. The molecule has 268 valence electrons. The first-order valence-corrected chi connectivity index (χ1v) is 17.6. The minimum atomic E-state index is -4.91.